The highest BCUT2D eigenvalue weighted by Gasteiger charge is 2.12. The van der Waals surface area contributed by atoms with Crippen LogP contribution in [-0.4, -0.2) is 5.11 Å². The molecule has 4 aromatic rings. The molecule has 0 aromatic heterocycles. The zero-order chi connectivity index (χ0) is 21.5. The highest BCUT2D eigenvalue weighted by Crippen LogP contribution is 2.25. The van der Waals surface area contributed by atoms with E-state index in [0.717, 1.165) is 29.8 Å². The summed E-state index contributed by atoms with van der Waals surface area (Å²) in [6, 6.07) is 37.8. The molecule has 0 saturated carbocycles. The van der Waals surface area contributed by atoms with Crippen LogP contribution in [0.4, 0.5) is 5.69 Å². The van der Waals surface area contributed by atoms with E-state index in [9.17, 15) is 5.11 Å². The Morgan fingerprint density at radius 3 is 1.68 bits per heavy atom. The second kappa shape index (κ2) is 10.1. The molecule has 31 heavy (non-hydrogen) atoms. The summed E-state index contributed by atoms with van der Waals surface area (Å²) in [6.07, 6.45) is 0.125. The average Bonchev–Trinajstić information content (AvgIpc) is 2.81. The van der Waals surface area contributed by atoms with Crippen molar-refractivity contribution in [1.82, 2.24) is 0 Å². The number of rotatable bonds is 8. The standard InChI is InChI=1S/C29H29NO/c1-23-10-8-9-15-28(23)29(31)20-24-16-18-27(19-17-24)30(21-25-11-4-2-5-12-25)22-26-13-6-3-7-14-26/h2-19,29,31H,20-22H2,1H3. The lowest BCUT2D eigenvalue weighted by Crippen LogP contribution is -2.22. The lowest BCUT2D eigenvalue weighted by atomic mass is 9.97. The van der Waals surface area contributed by atoms with Gasteiger partial charge in [-0.15, -0.1) is 0 Å². The van der Waals surface area contributed by atoms with E-state index in [-0.39, 0.29) is 0 Å². The quantitative estimate of drug-likeness (QED) is 0.361. The van der Waals surface area contributed by atoms with Gasteiger partial charge in [0.25, 0.3) is 0 Å². The Labute approximate surface area is 185 Å². The Balaban J connectivity index is 1.52. The van der Waals surface area contributed by atoms with E-state index in [4.69, 9.17) is 0 Å². The van der Waals surface area contributed by atoms with E-state index in [1.807, 2.05) is 31.2 Å². The molecule has 2 nitrogen and oxygen atoms in total. The van der Waals surface area contributed by atoms with Crippen LogP contribution in [0.25, 0.3) is 0 Å². The molecule has 0 aliphatic heterocycles. The summed E-state index contributed by atoms with van der Waals surface area (Å²) in [7, 11) is 0. The van der Waals surface area contributed by atoms with Crippen LogP contribution in [0.1, 0.15) is 33.9 Å². The largest absolute Gasteiger partial charge is 0.388 e. The van der Waals surface area contributed by atoms with Crippen molar-refractivity contribution in [2.24, 2.45) is 0 Å². The molecule has 1 atom stereocenters. The number of hydrogen-bond donors (Lipinski definition) is 1. The van der Waals surface area contributed by atoms with Crippen molar-refractivity contribution in [1.29, 1.82) is 0 Å². The first-order chi connectivity index (χ1) is 15.2. The summed E-state index contributed by atoms with van der Waals surface area (Å²) >= 11 is 0. The van der Waals surface area contributed by atoms with Crippen molar-refractivity contribution in [3.05, 3.63) is 137 Å². The summed E-state index contributed by atoms with van der Waals surface area (Å²) in [6.45, 7) is 3.74. The van der Waals surface area contributed by atoms with Gasteiger partial charge in [-0.25, -0.2) is 0 Å². The molecular weight excluding hydrogens is 378 g/mol. The van der Waals surface area contributed by atoms with E-state index in [1.165, 1.54) is 16.8 Å². The molecule has 2 heteroatoms. The molecule has 0 radical (unpaired) electrons. The fraction of sp³-hybridized carbons (Fsp3) is 0.172. The number of benzene rings is 4. The first kappa shape index (κ1) is 20.9. The summed E-state index contributed by atoms with van der Waals surface area (Å²) in [5.74, 6) is 0. The van der Waals surface area contributed by atoms with Crippen molar-refractivity contribution in [2.45, 2.75) is 32.5 Å². The van der Waals surface area contributed by atoms with Crippen LogP contribution in [0.15, 0.2) is 109 Å². The van der Waals surface area contributed by atoms with Crippen LogP contribution < -0.4 is 4.90 Å². The van der Waals surface area contributed by atoms with Crippen LogP contribution in [0.2, 0.25) is 0 Å². The Morgan fingerprint density at radius 2 is 1.13 bits per heavy atom. The molecule has 0 aliphatic rings. The first-order valence-corrected chi connectivity index (χ1v) is 10.8. The summed E-state index contributed by atoms with van der Waals surface area (Å²) in [4.78, 5) is 2.40. The Kier molecular flexibility index (Phi) is 6.81. The maximum absolute atomic E-state index is 10.7. The van der Waals surface area contributed by atoms with Gasteiger partial charge in [0.05, 0.1) is 6.10 Å². The van der Waals surface area contributed by atoms with Crippen molar-refractivity contribution in [2.75, 3.05) is 4.90 Å². The molecule has 4 aromatic carbocycles. The van der Waals surface area contributed by atoms with Gasteiger partial charge < -0.3 is 10.0 Å². The van der Waals surface area contributed by atoms with Crippen molar-refractivity contribution < 1.29 is 5.11 Å². The van der Waals surface area contributed by atoms with Gasteiger partial charge >= 0.3 is 0 Å². The van der Waals surface area contributed by atoms with Crippen molar-refractivity contribution in [3.63, 3.8) is 0 Å². The minimum Gasteiger partial charge on any atom is -0.388 e. The average molecular weight is 408 g/mol. The van der Waals surface area contributed by atoms with E-state index in [2.05, 4.69) is 89.8 Å². The fourth-order valence-corrected chi connectivity index (χ4v) is 3.98. The number of aliphatic hydroxyl groups excluding tert-OH is 1. The highest BCUT2D eigenvalue weighted by atomic mass is 16.3. The molecule has 0 aliphatic carbocycles. The number of aliphatic hydroxyl groups is 1. The van der Waals surface area contributed by atoms with E-state index in [1.54, 1.807) is 0 Å². The molecule has 4 rings (SSSR count). The summed E-state index contributed by atoms with van der Waals surface area (Å²) < 4.78 is 0. The molecule has 0 spiro atoms. The lowest BCUT2D eigenvalue weighted by molar-refractivity contribution is 0.177. The molecule has 0 heterocycles. The third-order valence-corrected chi connectivity index (χ3v) is 5.71. The minimum absolute atomic E-state index is 0.489. The van der Waals surface area contributed by atoms with Crippen molar-refractivity contribution >= 4 is 5.69 Å². The van der Waals surface area contributed by atoms with Gasteiger partial charge in [-0.2, -0.15) is 0 Å². The lowest BCUT2D eigenvalue weighted by Gasteiger charge is -2.26. The van der Waals surface area contributed by atoms with E-state index < -0.39 is 6.10 Å². The predicted molar refractivity (Wildman–Crippen MR) is 129 cm³/mol. The summed E-state index contributed by atoms with van der Waals surface area (Å²) in [5.41, 5.74) is 7.03. The Hall–Kier alpha value is -3.36. The normalized spacial score (nSPS) is 11.8. The zero-order valence-corrected chi connectivity index (χ0v) is 18.0. The van der Waals surface area contributed by atoms with Gasteiger partial charge in [-0.3, -0.25) is 0 Å². The van der Waals surface area contributed by atoms with Gasteiger partial charge in [0.2, 0.25) is 0 Å². The highest BCUT2D eigenvalue weighted by molar-refractivity contribution is 5.49. The second-order valence-corrected chi connectivity index (χ2v) is 8.07. The molecule has 0 fully saturated rings. The molecule has 0 saturated heterocycles. The minimum atomic E-state index is -0.489. The third kappa shape index (κ3) is 5.62. The summed E-state index contributed by atoms with van der Waals surface area (Å²) in [5, 5.41) is 10.7. The van der Waals surface area contributed by atoms with Gasteiger partial charge in [-0.1, -0.05) is 97.1 Å². The van der Waals surface area contributed by atoms with Crippen LogP contribution in [0.5, 0.6) is 0 Å². The molecule has 1 N–H and O–H groups in total. The van der Waals surface area contributed by atoms with Gasteiger partial charge in [0.1, 0.15) is 0 Å². The number of hydrogen-bond acceptors (Lipinski definition) is 2. The van der Waals surface area contributed by atoms with Crippen LogP contribution in [0.3, 0.4) is 0 Å². The van der Waals surface area contributed by atoms with Crippen molar-refractivity contribution in [3.8, 4) is 0 Å². The zero-order valence-electron chi connectivity index (χ0n) is 18.0. The Bertz CT molecular complexity index is 1030. The molecule has 156 valence electrons. The first-order valence-electron chi connectivity index (χ1n) is 10.8. The second-order valence-electron chi connectivity index (χ2n) is 8.07. The molecule has 0 amide bonds. The van der Waals surface area contributed by atoms with Crippen LogP contribution in [-0.2, 0) is 19.5 Å². The predicted octanol–water partition coefficient (Wildman–Crippen LogP) is 6.48. The molecule has 1 unspecified atom stereocenters. The van der Waals surface area contributed by atoms with Gasteiger partial charge in [-0.05, 0) is 46.9 Å². The van der Waals surface area contributed by atoms with Gasteiger partial charge in [0.15, 0.2) is 0 Å². The topological polar surface area (TPSA) is 23.5 Å². The molecular formula is C29H29NO. The number of aryl methyl sites for hydroxylation is 1. The SMILES string of the molecule is Cc1ccccc1C(O)Cc1ccc(N(Cc2ccccc2)Cc2ccccc2)cc1. The van der Waals surface area contributed by atoms with Crippen LogP contribution in [0, 0.1) is 6.92 Å². The van der Waals surface area contributed by atoms with Crippen LogP contribution >= 0.6 is 0 Å². The Morgan fingerprint density at radius 1 is 0.613 bits per heavy atom. The van der Waals surface area contributed by atoms with E-state index >= 15 is 0 Å². The smallest absolute Gasteiger partial charge is 0.0832 e. The molecule has 0 bridgehead atoms. The monoisotopic (exact) mass is 407 g/mol. The van der Waals surface area contributed by atoms with Gasteiger partial charge in [0, 0.05) is 25.2 Å². The third-order valence-electron chi connectivity index (χ3n) is 5.71. The number of anilines is 1. The maximum atomic E-state index is 10.7. The van der Waals surface area contributed by atoms with E-state index in [0.29, 0.717) is 6.42 Å². The number of nitrogens with zero attached hydrogens (tertiary/aromatic N) is 1. The maximum Gasteiger partial charge on any atom is 0.0832 e. The fourth-order valence-electron chi connectivity index (χ4n) is 3.98.